The molecular formula is C11H14O2S. The van der Waals surface area contributed by atoms with E-state index in [0.29, 0.717) is 11.3 Å². The molecule has 1 aromatic heterocycles. The summed E-state index contributed by atoms with van der Waals surface area (Å²) in [7, 11) is 0. The standard InChI is InChI=1S/C11H14O2S/c1-3-4-9(12)7-10(13)11-6-5-8(2)14-11/h5-6H,3-4,7H2,1-2H3. The number of aryl methyl sites for hydroxylation is 1. The number of carbonyl (C=O) groups is 2. The summed E-state index contributed by atoms with van der Waals surface area (Å²) in [5.74, 6) is 0.00473. The van der Waals surface area contributed by atoms with Crippen LogP contribution in [0.15, 0.2) is 12.1 Å². The van der Waals surface area contributed by atoms with E-state index in [1.165, 1.54) is 11.3 Å². The summed E-state index contributed by atoms with van der Waals surface area (Å²) in [5.41, 5.74) is 0. The first kappa shape index (κ1) is 11.1. The van der Waals surface area contributed by atoms with Crippen molar-refractivity contribution in [2.75, 3.05) is 0 Å². The minimum absolute atomic E-state index is 0.0402. The van der Waals surface area contributed by atoms with Crippen molar-refractivity contribution in [3.8, 4) is 0 Å². The maximum absolute atomic E-state index is 11.5. The van der Waals surface area contributed by atoms with E-state index in [4.69, 9.17) is 0 Å². The van der Waals surface area contributed by atoms with Crippen LogP contribution >= 0.6 is 11.3 Å². The first-order chi connectivity index (χ1) is 6.63. The molecule has 0 saturated carbocycles. The molecule has 76 valence electrons. The van der Waals surface area contributed by atoms with Crippen molar-refractivity contribution in [3.05, 3.63) is 21.9 Å². The van der Waals surface area contributed by atoms with E-state index in [1.807, 2.05) is 19.9 Å². The van der Waals surface area contributed by atoms with Crippen LogP contribution in [0.25, 0.3) is 0 Å². The van der Waals surface area contributed by atoms with Crippen LogP contribution in [0.2, 0.25) is 0 Å². The fraction of sp³-hybridized carbons (Fsp3) is 0.455. The average Bonchev–Trinajstić information content (AvgIpc) is 2.52. The predicted octanol–water partition coefficient (Wildman–Crippen LogP) is 3.00. The average molecular weight is 210 g/mol. The predicted molar refractivity (Wildman–Crippen MR) is 57.9 cm³/mol. The van der Waals surface area contributed by atoms with E-state index in [2.05, 4.69) is 0 Å². The molecule has 2 nitrogen and oxygen atoms in total. The maximum atomic E-state index is 11.5. The van der Waals surface area contributed by atoms with Crippen LogP contribution in [-0.2, 0) is 4.79 Å². The molecule has 0 unspecified atom stereocenters. The monoisotopic (exact) mass is 210 g/mol. The number of hydrogen-bond donors (Lipinski definition) is 0. The summed E-state index contributed by atoms with van der Waals surface area (Å²) in [4.78, 5) is 24.6. The highest BCUT2D eigenvalue weighted by Crippen LogP contribution is 2.17. The summed E-state index contributed by atoms with van der Waals surface area (Å²) < 4.78 is 0. The van der Waals surface area contributed by atoms with Crippen molar-refractivity contribution in [3.63, 3.8) is 0 Å². The Kier molecular flexibility index (Phi) is 4.01. The van der Waals surface area contributed by atoms with E-state index < -0.39 is 0 Å². The van der Waals surface area contributed by atoms with Gasteiger partial charge in [-0.15, -0.1) is 11.3 Å². The molecule has 0 aliphatic rings. The van der Waals surface area contributed by atoms with E-state index in [-0.39, 0.29) is 18.0 Å². The summed E-state index contributed by atoms with van der Waals surface area (Å²) in [6.45, 7) is 3.90. The second-order valence-electron chi connectivity index (χ2n) is 3.30. The fourth-order valence-electron chi connectivity index (χ4n) is 1.22. The van der Waals surface area contributed by atoms with Crippen LogP contribution in [0.5, 0.6) is 0 Å². The third-order valence-corrected chi connectivity index (χ3v) is 2.94. The molecule has 1 aromatic rings. The zero-order chi connectivity index (χ0) is 10.6. The molecule has 0 aromatic carbocycles. The minimum Gasteiger partial charge on any atom is -0.299 e. The van der Waals surface area contributed by atoms with Gasteiger partial charge in [0.2, 0.25) is 0 Å². The normalized spacial score (nSPS) is 10.1. The van der Waals surface area contributed by atoms with Crippen LogP contribution in [0.3, 0.4) is 0 Å². The lowest BCUT2D eigenvalue weighted by molar-refractivity contribution is -0.118. The van der Waals surface area contributed by atoms with Crippen LogP contribution in [0.1, 0.15) is 40.7 Å². The van der Waals surface area contributed by atoms with Crippen LogP contribution in [0.4, 0.5) is 0 Å². The van der Waals surface area contributed by atoms with Crippen molar-refractivity contribution in [1.29, 1.82) is 0 Å². The Morgan fingerprint density at radius 2 is 2.07 bits per heavy atom. The summed E-state index contributed by atoms with van der Waals surface area (Å²) >= 11 is 1.45. The highest BCUT2D eigenvalue weighted by molar-refractivity contribution is 7.14. The van der Waals surface area contributed by atoms with Gasteiger partial charge < -0.3 is 0 Å². The molecule has 0 amide bonds. The number of rotatable bonds is 5. The van der Waals surface area contributed by atoms with Crippen molar-refractivity contribution in [2.24, 2.45) is 0 Å². The van der Waals surface area contributed by atoms with E-state index >= 15 is 0 Å². The molecule has 0 atom stereocenters. The van der Waals surface area contributed by atoms with E-state index in [1.54, 1.807) is 6.07 Å². The Balaban J connectivity index is 2.55. The zero-order valence-electron chi connectivity index (χ0n) is 8.50. The van der Waals surface area contributed by atoms with Crippen molar-refractivity contribution in [1.82, 2.24) is 0 Å². The highest BCUT2D eigenvalue weighted by Gasteiger charge is 2.12. The van der Waals surface area contributed by atoms with Gasteiger partial charge in [-0.25, -0.2) is 0 Å². The molecular weight excluding hydrogens is 196 g/mol. The Bertz CT molecular complexity index is 339. The molecule has 0 N–H and O–H groups in total. The molecule has 0 bridgehead atoms. The van der Waals surface area contributed by atoms with Crippen LogP contribution < -0.4 is 0 Å². The topological polar surface area (TPSA) is 34.1 Å². The van der Waals surface area contributed by atoms with Crippen molar-refractivity contribution in [2.45, 2.75) is 33.1 Å². The van der Waals surface area contributed by atoms with E-state index in [9.17, 15) is 9.59 Å². The molecule has 3 heteroatoms. The summed E-state index contributed by atoms with van der Waals surface area (Å²) in [6, 6.07) is 3.70. The van der Waals surface area contributed by atoms with Gasteiger partial charge in [0.25, 0.3) is 0 Å². The van der Waals surface area contributed by atoms with E-state index in [0.717, 1.165) is 11.3 Å². The molecule has 0 fully saturated rings. The van der Waals surface area contributed by atoms with Gasteiger partial charge in [0, 0.05) is 11.3 Å². The SMILES string of the molecule is CCCC(=O)CC(=O)c1ccc(C)s1. The molecule has 14 heavy (non-hydrogen) atoms. The van der Waals surface area contributed by atoms with Crippen molar-refractivity contribution < 1.29 is 9.59 Å². The fourth-order valence-corrected chi connectivity index (χ4v) is 2.02. The number of ketones is 2. The number of Topliss-reactive ketones (excluding diaryl/α,β-unsaturated/α-hetero) is 2. The molecule has 1 rings (SSSR count). The third kappa shape index (κ3) is 3.07. The van der Waals surface area contributed by atoms with Gasteiger partial charge in [-0.05, 0) is 25.5 Å². The lowest BCUT2D eigenvalue weighted by Gasteiger charge is -1.95. The molecule has 0 spiro atoms. The Hall–Kier alpha value is -0.960. The largest absolute Gasteiger partial charge is 0.299 e. The lowest BCUT2D eigenvalue weighted by Crippen LogP contribution is -2.06. The summed E-state index contributed by atoms with van der Waals surface area (Å²) in [6.07, 6.45) is 1.39. The zero-order valence-corrected chi connectivity index (χ0v) is 9.32. The van der Waals surface area contributed by atoms with Gasteiger partial charge in [-0.1, -0.05) is 6.92 Å². The Morgan fingerprint density at radius 1 is 1.36 bits per heavy atom. The van der Waals surface area contributed by atoms with Gasteiger partial charge in [-0.2, -0.15) is 0 Å². The van der Waals surface area contributed by atoms with Gasteiger partial charge in [-0.3, -0.25) is 9.59 Å². The molecule has 0 radical (unpaired) electrons. The Labute approximate surface area is 87.9 Å². The number of carbonyl (C=O) groups excluding carboxylic acids is 2. The highest BCUT2D eigenvalue weighted by atomic mass is 32.1. The number of hydrogen-bond acceptors (Lipinski definition) is 3. The Morgan fingerprint density at radius 3 is 2.57 bits per heavy atom. The maximum Gasteiger partial charge on any atom is 0.180 e. The second kappa shape index (κ2) is 5.05. The first-order valence-corrected chi connectivity index (χ1v) is 5.56. The van der Waals surface area contributed by atoms with Gasteiger partial charge in [0.15, 0.2) is 5.78 Å². The van der Waals surface area contributed by atoms with Crippen LogP contribution in [-0.4, -0.2) is 11.6 Å². The molecule has 0 aliphatic heterocycles. The third-order valence-electron chi connectivity index (χ3n) is 1.90. The number of thiophene rings is 1. The summed E-state index contributed by atoms with van der Waals surface area (Å²) in [5, 5.41) is 0. The van der Waals surface area contributed by atoms with Gasteiger partial charge in [0.1, 0.15) is 5.78 Å². The molecule has 1 heterocycles. The minimum atomic E-state index is -0.0402. The van der Waals surface area contributed by atoms with Crippen molar-refractivity contribution >= 4 is 22.9 Å². The van der Waals surface area contributed by atoms with Gasteiger partial charge in [0.05, 0.1) is 11.3 Å². The first-order valence-electron chi connectivity index (χ1n) is 4.74. The lowest BCUT2D eigenvalue weighted by atomic mass is 10.1. The van der Waals surface area contributed by atoms with Gasteiger partial charge >= 0.3 is 0 Å². The molecule has 0 aliphatic carbocycles. The second-order valence-corrected chi connectivity index (χ2v) is 4.59. The smallest absolute Gasteiger partial charge is 0.180 e. The quantitative estimate of drug-likeness (QED) is 0.553. The van der Waals surface area contributed by atoms with Crippen LogP contribution in [0, 0.1) is 6.92 Å². The molecule has 0 saturated heterocycles.